The number of aromatic amines is 1. The molecule has 4 rings (SSSR count). The summed E-state index contributed by atoms with van der Waals surface area (Å²) in [4.78, 5) is 15.6. The molecular formula is C22H24FN5O. The van der Waals surface area contributed by atoms with Gasteiger partial charge in [0.15, 0.2) is 0 Å². The SMILES string of the molecule is C/C(=N\N1CCN(C)CC1)c1c(-c2ccccc2)[nH]n(-c2ccc(F)cc2)c1=O. The van der Waals surface area contributed by atoms with Gasteiger partial charge in [0.2, 0.25) is 0 Å². The Balaban J connectivity index is 1.81. The smallest absolute Gasteiger partial charge is 0.281 e. The Morgan fingerprint density at radius 2 is 1.66 bits per heavy atom. The molecule has 0 radical (unpaired) electrons. The van der Waals surface area contributed by atoms with Gasteiger partial charge in [0.25, 0.3) is 5.56 Å². The van der Waals surface area contributed by atoms with Crippen molar-refractivity contribution < 1.29 is 4.39 Å². The molecule has 1 saturated heterocycles. The molecule has 0 amide bonds. The third-order valence-corrected chi connectivity index (χ3v) is 5.17. The highest BCUT2D eigenvalue weighted by Gasteiger charge is 2.21. The first-order valence-electron chi connectivity index (χ1n) is 9.68. The van der Waals surface area contributed by atoms with Gasteiger partial charge in [0, 0.05) is 31.7 Å². The minimum Gasteiger partial charge on any atom is -0.303 e. The van der Waals surface area contributed by atoms with Crippen molar-refractivity contribution in [3.63, 3.8) is 0 Å². The largest absolute Gasteiger partial charge is 0.303 e. The second kappa shape index (κ2) is 8.05. The van der Waals surface area contributed by atoms with E-state index in [0.29, 0.717) is 22.7 Å². The molecule has 2 aromatic carbocycles. The second-order valence-electron chi connectivity index (χ2n) is 7.29. The fourth-order valence-corrected chi connectivity index (χ4v) is 3.52. The number of halogens is 1. The number of hydrogen-bond donors (Lipinski definition) is 1. The summed E-state index contributed by atoms with van der Waals surface area (Å²) in [6.07, 6.45) is 0. The van der Waals surface area contributed by atoms with Crippen molar-refractivity contribution in [1.29, 1.82) is 0 Å². The van der Waals surface area contributed by atoms with Crippen molar-refractivity contribution in [1.82, 2.24) is 19.7 Å². The van der Waals surface area contributed by atoms with Gasteiger partial charge < -0.3 is 4.90 Å². The van der Waals surface area contributed by atoms with Crippen LogP contribution in [-0.4, -0.2) is 58.6 Å². The Hall–Kier alpha value is -3.19. The first-order valence-corrected chi connectivity index (χ1v) is 9.68. The van der Waals surface area contributed by atoms with Crippen LogP contribution >= 0.6 is 0 Å². The Morgan fingerprint density at radius 3 is 2.31 bits per heavy atom. The quantitative estimate of drug-likeness (QED) is 0.694. The molecule has 1 N–H and O–H groups in total. The lowest BCUT2D eigenvalue weighted by atomic mass is 10.1. The summed E-state index contributed by atoms with van der Waals surface area (Å²) in [5.74, 6) is -0.343. The summed E-state index contributed by atoms with van der Waals surface area (Å²) in [7, 11) is 2.09. The number of aromatic nitrogens is 2. The molecule has 29 heavy (non-hydrogen) atoms. The summed E-state index contributed by atoms with van der Waals surface area (Å²) < 4.78 is 14.8. The lowest BCUT2D eigenvalue weighted by molar-refractivity contribution is 0.159. The van der Waals surface area contributed by atoms with Gasteiger partial charge in [-0.2, -0.15) is 5.10 Å². The molecule has 150 valence electrons. The van der Waals surface area contributed by atoms with E-state index in [4.69, 9.17) is 5.10 Å². The van der Waals surface area contributed by atoms with Crippen LogP contribution < -0.4 is 5.56 Å². The monoisotopic (exact) mass is 393 g/mol. The van der Waals surface area contributed by atoms with Crippen LogP contribution in [0.1, 0.15) is 12.5 Å². The molecular weight excluding hydrogens is 369 g/mol. The van der Waals surface area contributed by atoms with Crippen molar-refractivity contribution in [3.05, 3.63) is 76.3 Å². The van der Waals surface area contributed by atoms with E-state index in [1.807, 2.05) is 42.3 Å². The zero-order chi connectivity index (χ0) is 20.4. The normalized spacial score (nSPS) is 15.7. The molecule has 0 atom stereocenters. The Kier molecular flexibility index (Phi) is 5.31. The molecule has 1 aromatic heterocycles. The summed E-state index contributed by atoms with van der Waals surface area (Å²) in [5, 5.41) is 9.95. The van der Waals surface area contributed by atoms with E-state index >= 15 is 0 Å². The standard InChI is InChI=1S/C22H24FN5O/c1-16(24-27-14-12-26(2)13-15-27)20-21(17-6-4-3-5-7-17)25-28(22(20)29)19-10-8-18(23)9-11-19/h3-11,25H,12-15H2,1-2H3/b24-16+. The number of likely N-dealkylation sites (N-methyl/N-ethyl adjacent to an activating group) is 1. The van der Waals surface area contributed by atoms with Crippen molar-refractivity contribution >= 4 is 5.71 Å². The first kappa shape index (κ1) is 19.1. The number of nitrogens with one attached hydrogen (secondary N) is 1. The van der Waals surface area contributed by atoms with E-state index in [2.05, 4.69) is 17.0 Å². The number of hydrazone groups is 1. The number of H-pyrrole nitrogens is 1. The third-order valence-electron chi connectivity index (χ3n) is 5.17. The molecule has 0 saturated carbocycles. The van der Waals surface area contributed by atoms with E-state index in [-0.39, 0.29) is 11.4 Å². The Bertz CT molecular complexity index is 1060. The van der Waals surface area contributed by atoms with Crippen LogP contribution in [0.3, 0.4) is 0 Å². The molecule has 2 heterocycles. The van der Waals surface area contributed by atoms with Gasteiger partial charge in [-0.3, -0.25) is 14.9 Å². The molecule has 3 aromatic rings. The summed E-state index contributed by atoms with van der Waals surface area (Å²) >= 11 is 0. The minimum absolute atomic E-state index is 0.203. The second-order valence-corrected chi connectivity index (χ2v) is 7.29. The van der Waals surface area contributed by atoms with E-state index in [0.717, 1.165) is 31.7 Å². The van der Waals surface area contributed by atoms with Crippen LogP contribution in [0.5, 0.6) is 0 Å². The molecule has 7 heteroatoms. The number of nitrogens with zero attached hydrogens (tertiary/aromatic N) is 4. The predicted molar refractivity (Wildman–Crippen MR) is 113 cm³/mol. The molecule has 0 unspecified atom stereocenters. The van der Waals surface area contributed by atoms with Crippen LogP contribution in [0.15, 0.2) is 64.5 Å². The maximum Gasteiger partial charge on any atom is 0.281 e. The lowest BCUT2D eigenvalue weighted by Gasteiger charge is -2.30. The van der Waals surface area contributed by atoms with Gasteiger partial charge in [-0.15, -0.1) is 0 Å². The van der Waals surface area contributed by atoms with E-state index in [9.17, 15) is 9.18 Å². The maximum absolute atomic E-state index is 13.3. The van der Waals surface area contributed by atoms with Gasteiger partial charge in [0.1, 0.15) is 5.82 Å². The van der Waals surface area contributed by atoms with Crippen LogP contribution in [-0.2, 0) is 0 Å². The van der Waals surface area contributed by atoms with E-state index < -0.39 is 0 Å². The molecule has 1 aliphatic rings. The number of hydrogen-bond acceptors (Lipinski definition) is 4. The summed E-state index contributed by atoms with van der Waals surface area (Å²) in [6.45, 7) is 5.39. The molecule has 0 bridgehead atoms. The topological polar surface area (TPSA) is 56.6 Å². The fourth-order valence-electron chi connectivity index (χ4n) is 3.52. The van der Waals surface area contributed by atoms with Crippen LogP contribution in [0.4, 0.5) is 4.39 Å². The van der Waals surface area contributed by atoms with E-state index in [1.54, 1.807) is 12.1 Å². The van der Waals surface area contributed by atoms with Gasteiger partial charge in [-0.05, 0) is 38.2 Å². The molecule has 0 aliphatic carbocycles. The average Bonchev–Trinajstić information content (AvgIpc) is 3.08. The summed E-state index contributed by atoms with van der Waals surface area (Å²) in [6, 6.07) is 15.5. The highest BCUT2D eigenvalue weighted by molar-refractivity contribution is 6.03. The maximum atomic E-state index is 13.3. The van der Waals surface area contributed by atoms with Gasteiger partial charge in [-0.1, -0.05) is 30.3 Å². The lowest BCUT2D eigenvalue weighted by Crippen LogP contribution is -2.42. The predicted octanol–water partition coefficient (Wildman–Crippen LogP) is 2.94. The van der Waals surface area contributed by atoms with Crippen molar-refractivity contribution in [2.24, 2.45) is 5.10 Å². The molecule has 0 spiro atoms. The first-order chi connectivity index (χ1) is 14.0. The van der Waals surface area contributed by atoms with Gasteiger partial charge in [0.05, 0.1) is 22.7 Å². The van der Waals surface area contributed by atoms with Crippen LogP contribution in [0, 0.1) is 5.82 Å². The van der Waals surface area contributed by atoms with E-state index in [1.165, 1.54) is 16.8 Å². The minimum atomic E-state index is -0.343. The van der Waals surface area contributed by atoms with Crippen molar-refractivity contribution in [2.45, 2.75) is 6.92 Å². The Labute approximate surface area is 168 Å². The van der Waals surface area contributed by atoms with Crippen molar-refractivity contribution in [3.8, 4) is 16.9 Å². The number of benzene rings is 2. The highest BCUT2D eigenvalue weighted by atomic mass is 19.1. The zero-order valence-corrected chi connectivity index (χ0v) is 16.6. The third kappa shape index (κ3) is 4.00. The average molecular weight is 393 g/mol. The Morgan fingerprint density at radius 1 is 1.00 bits per heavy atom. The molecule has 1 aliphatic heterocycles. The number of rotatable bonds is 4. The van der Waals surface area contributed by atoms with Gasteiger partial charge in [-0.25, -0.2) is 9.07 Å². The molecule has 1 fully saturated rings. The van der Waals surface area contributed by atoms with Gasteiger partial charge >= 0.3 is 0 Å². The highest BCUT2D eigenvalue weighted by Crippen LogP contribution is 2.22. The van der Waals surface area contributed by atoms with Crippen LogP contribution in [0.2, 0.25) is 0 Å². The zero-order valence-electron chi connectivity index (χ0n) is 16.6. The number of piperazine rings is 1. The summed E-state index contributed by atoms with van der Waals surface area (Å²) in [5.41, 5.74) is 3.16. The molecule has 6 nitrogen and oxygen atoms in total. The fraction of sp³-hybridized carbons (Fsp3) is 0.273. The van der Waals surface area contributed by atoms with Crippen molar-refractivity contribution in [2.75, 3.05) is 33.2 Å². The van der Waals surface area contributed by atoms with Crippen LogP contribution in [0.25, 0.3) is 16.9 Å².